The molecule has 5 nitrogen and oxygen atoms in total. The summed E-state index contributed by atoms with van der Waals surface area (Å²) in [5, 5.41) is 0. The van der Waals surface area contributed by atoms with Crippen LogP contribution in [0.25, 0.3) is 11.1 Å². The molecule has 0 bridgehead atoms. The molecule has 0 saturated heterocycles. The number of halogens is 2. The van der Waals surface area contributed by atoms with Gasteiger partial charge in [0, 0.05) is 24.4 Å². The van der Waals surface area contributed by atoms with E-state index in [-0.39, 0.29) is 24.3 Å². The molecule has 0 amide bonds. The Morgan fingerprint density at radius 1 is 0.909 bits per heavy atom. The monoisotopic (exact) mass is 445 g/mol. The standard InChI is InChI=1S/C26H21F2N3O2/c27-22-9-6-18(14-23(22)28)16-31-12-2-5-21(26(31)33)24(32)10-7-17-3-1-4-19(13-17)20-8-11-25(29)30-15-20/h1-6,8-9,11-15H,7,10,16H2,(H2,29,30). The molecule has 2 aromatic carbocycles. The highest BCUT2D eigenvalue weighted by atomic mass is 19.2. The lowest BCUT2D eigenvalue weighted by Crippen LogP contribution is -2.26. The molecule has 4 rings (SSSR count). The van der Waals surface area contributed by atoms with Crippen molar-refractivity contribution in [1.82, 2.24) is 9.55 Å². The molecule has 0 spiro atoms. The molecule has 2 heterocycles. The number of benzene rings is 2. The molecule has 0 radical (unpaired) electrons. The topological polar surface area (TPSA) is 78.0 Å². The number of nitrogens with zero attached hydrogens (tertiary/aromatic N) is 2. The number of nitrogens with two attached hydrogens (primary N) is 1. The number of anilines is 1. The number of nitrogen functional groups attached to an aromatic ring is 1. The second-order valence-corrected chi connectivity index (χ2v) is 7.70. The number of ketones is 1. The minimum atomic E-state index is -0.982. The Morgan fingerprint density at radius 2 is 1.76 bits per heavy atom. The molecule has 0 aliphatic carbocycles. The van der Waals surface area contributed by atoms with Gasteiger partial charge in [0.2, 0.25) is 0 Å². The number of aryl methyl sites for hydroxylation is 1. The van der Waals surface area contributed by atoms with E-state index < -0.39 is 17.2 Å². The smallest absolute Gasteiger partial charge is 0.261 e. The highest BCUT2D eigenvalue weighted by Gasteiger charge is 2.13. The molecular formula is C26H21F2N3O2. The zero-order valence-corrected chi connectivity index (χ0v) is 17.7. The first kappa shape index (κ1) is 22.1. The van der Waals surface area contributed by atoms with Crippen LogP contribution in [-0.2, 0) is 13.0 Å². The summed E-state index contributed by atoms with van der Waals surface area (Å²) in [6.45, 7) is 0.0365. The number of rotatable bonds is 7. The number of pyridine rings is 2. The molecule has 0 aliphatic rings. The lowest BCUT2D eigenvalue weighted by atomic mass is 10.00. The second kappa shape index (κ2) is 9.56. The van der Waals surface area contributed by atoms with Crippen molar-refractivity contribution in [2.24, 2.45) is 0 Å². The summed E-state index contributed by atoms with van der Waals surface area (Å²) in [4.78, 5) is 29.7. The molecule has 2 N–H and O–H groups in total. The second-order valence-electron chi connectivity index (χ2n) is 7.70. The van der Waals surface area contributed by atoms with E-state index in [1.165, 1.54) is 22.9 Å². The van der Waals surface area contributed by atoms with Crippen molar-refractivity contribution in [3.8, 4) is 11.1 Å². The Kier molecular flexibility index (Phi) is 6.40. The highest BCUT2D eigenvalue weighted by Crippen LogP contribution is 2.21. The fraction of sp³-hybridized carbons (Fsp3) is 0.115. The quantitative estimate of drug-likeness (QED) is 0.421. The summed E-state index contributed by atoms with van der Waals surface area (Å²) in [5.74, 6) is -1.77. The molecule has 33 heavy (non-hydrogen) atoms. The van der Waals surface area contributed by atoms with Gasteiger partial charge >= 0.3 is 0 Å². The van der Waals surface area contributed by atoms with E-state index in [2.05, 4.69) is 4.98 Å². The van der Waals surface area contributed by atoms with Crippen molar-refractivity contribution in [3.05, 3.63) is 118 Å². The van der Waals surface area contributed by atoms with E-state index in [0.29, 0.717) is 17.8 Å². The molecule has 2 aromatic heterocycles. The largest absolute Gasteiger partial charge is 0.384 e. The fourth-order valence-electron chi connectivity index (χ4n) is 3.58. The summed E-state index contributed by atoms with van der Waals surface area (Å²) in [7, 11) is 0. The van der Waals surface area contributed by atoms with Gasteiger partial charge in [-0.15, -0.1) is 0 Å². The third-order valence-electron chi connectivity index (χ3n) is 5.34. The van der Waals surface area contributed by atoms with Crippen LogP contribution in [0, 0.1) is 11.6 Å². The Hall–Kier alpha value is -4.13. The Labute approximate surface area is 189 Å². The summed E-state index contributed by atoms with van der Waals surface area (Å²) in [6, 6.07) is 17.9. The number of carbonyl (C=O) groups is 1. The molecule has 0 aliphatic heterocycles. The van der Waals surface area contributed by atoms with Crippen LogP contribution in [0.2, 0.25) is 0 Å². The predicted octanol–water partition coefficient (Wildman–Crippen LogP) is 4.63. The fourth-order valence-corrected chi connectivity index (χ4v) is 3.58. The first-order valence-corrected chi connectivity index (χ1v) is 10.4. The lowest BCUT2D eigenvalue weighted by Gasteiger charge is -2.09. The zero-order valence-electron chi connectivity index (χ0n) is 17.7. The Bertz CT molecular complexity index is 1360. The first-order chi connectivity index (χ1) is 15.9. The van der Waals surface area contributed by atoms with E-state index in [1.54, 1.807) is 18.3 Å². The van der Waals surface area contributed by atoms with Crippen LogP contribution in [0.1, 0.15) is 27.9 Å². The maximum absolute atomic E-state index is 13.5. The van der Waals surface area contributed by atoms with Crippen LogP contribution >= 0.6 is 0 Å². The third-order valence-corrected chi connectivity index (χ3v) is 5.34. The number of hydrogen-bond donors (Lipinski definition) is 1. The lowest BCUT2D eigenvalue weighted by molar-refractivity contribution is 0.0981. The molecule has 166 valence electrons. The zero-order chi connectivity index (χ0) is 23.4. The third kappa shape index (κ3) is 5.20. The van der Waals surface area contributed by atoms with Gasteiger partial charge in [-0.05, 0) is 59.5 Å². The molecule has 0 atom stereocenters. The number of Topliss-reactive ketones (excluding diaryl/α,β-unsaturated/α-hetero) is 1. The number of hydrogen-bond acceptors (Lipinski definition) is 4. The molecular weight excluding hydrogens is 424 g/mol. The van der Waals surface area contributed by atoms with E-state index in [9.17, 15) is 18.4 Å². The Balaban J connectivity index is 1.47. The van der Waals surface area contributed by atoms with Gasteiger partial charge in [-0.1, -0.05) is 30.3 Å². The van der Waals surface area contributed by atoms with Crippen LogP contribution in [-0.4, -0.2) is 15.3 Å². The SMILES string of the molecule is Nc1ccc(-c2cccc(CCC(=O)c3cccn(Cc4ccc(F)c(F)c4)c3=O)c2)cn1. The van der Waals surface area contributed by atoms with Crippen molar-refractivity contribution in [2.45, 2.75) is 19.4 Å². The van der Waals surface area contributed by atoms with Crippen LogP contribution in [0.5, 0.6) is 0 Å². The average Bonchev–Trinajstić information content (AvgIpc) is 2.82. The van der Waals surface area contributed by atoms with Crippen molar-refractivity contribution >= 4 is 11.6 Å². The normalized spacial score (nSPS) is 10.8. The van der Waals surface area contributed by atoms with Crippen LogP contribution < -0.4 is 11.3 Å². The molecule has 4 aromatic rings. The van der Waals surface area contributed by atoms with Gasteiger partial charge in [0.25, 0.3) is 5.56 Å². The van der Waals surface area contributed by atoms with Gasteiger partial charge in [-0.2, -0.15) is 0 Å². The number of aromatic nitrogens is 2. The maximum atomic E-state index is 13.5. The summed E-state index contributed by atoms with van der Waals surface area (Å²) >= 11 is 0. The molecule has 0 fully saturated rings. The van der Waals surface area contributed by atoms with Gasteiger partial charge in [-0.3, -0.25) is 9.59 Å². The van der Waals surface area contributed by atoms with Crippen LogP contribution in [0.3, 0.4) is 0 Å². The van der Waals surface area contributed by atoms with Crippen molar-refractivity contribution in [1.29, 1.82) is 0 Å². The summed E-state index contributed by atoms with van der Waals surface area (Å²) in [6.07, 6.45) is 3.84. The maximum Gasteiger partial charge on any atom is 0.261 e. The molecule has 0 saturated carbocycles. The van der Waals surface area contributed by atoms with Gasteiger partial charge < -0.3 is 10.3 Å². The van der Waals surface area contributed by atoms with Crippen molar-refractivity contribution in [3.63, 3.8) is 0 Å². The van der Waals surface area contributed by atoms with Gasteiger partial charge in [0.15, 0.2) is 17.4 Å². The van der Waals surface area contributed by atoms with Crippen molar-refractivity contribution < 1.29 is 13.6 Å². The summed E-state index contributed by atoms with van der Waals surface area (Å²) < 4.78 is 27.9. The van der Waals surface area contributed by atoms with Gasteiger partial charge in [-0.25, -0.2) is 13.8 Å². The molecule has 7 heteroatoms. The predicted molar refractivity (Wildman–Crippen MR) is 123 cm³/mol. The van der Waals surface area contributed by atoms with Crippen molar-refractivity contribution in [2.75, 3.05) is 5.73 Å². The van der Waals surface area contributed by atoms with E-state index in [4.69, 9.17) is 5.73 Å². The van der Waals surface area contributed by atoms with Crippen LogP contribution in [0.15, 0.2) is 83.9 Å². The van der Waals surface area contributed by atoms with E-state index >= 15 is 0 Å². The average molecular weight is 445 g/mol. The van der Waals surface area contributed by atoms with E-state index in [0.717, 1.165) is 28.8 Å². The minimum absolute atomic E-state index is 0.0365. The highest BCUT2D eigenvalue weighted by molar-refractivity contribution is 5.95. The minimum Gasteiger partial charge on any atom is -0.384 e. The summed E-state index contributed by atoms with van der Waals surface area (Å²) in [5.41, 5.74) is 8.50. The van der Waals surface area contributed by atoms with E-state index in [1.807, 2.05) is 30.3 Å². The number of carbonyl (C=O) groups excluding carboxylic acids is 1. The van der Waals surface area contributed by atoms with Crippen LogP contribution in [0.4, 0.5) is 14.6 Å². The molecule has 0 unspecified atom stereocenters. The van der Waals surface area contributed by atoms with Gasteiger partial charge in [0.05, 0.1) is 12.1 Å². The first-order valence-electron chi connectivity index (χ1n) is 10.4. The van der Waals surface area contributed by atoms with Gasteiger partial charge in [0.1, 0.15) is 5.82 Å². The Morgan fingerprint density at radius 3 is 2.52 bits per heavy atom.